The Morgan fingerprint density at radius 3 is 2.31 bits per heavy atom. The number of amides is 2. The minimum atomic E-state index is -4.52. The van der Waals surface area contributed by atoms with Crippen molar-refractivity contribution in [1.29, 1.82) is 0 Å². The van der Waals surface area contributed by atoms with E-state index in [2.05, 4.69) is 15.7 Å². The van der Waals surface area contributed by atoms with Gasteiger partial charge >= 0.3 is 12.2 Å². The highest BCUT2D eigenvalue weighted by atomic mass is 19.4. The molecule has 1 unspecified atom stereocenters. The van der Waals surface area contributed by atoms with Crippen LogP contribution in [-0.2, 0) is 6.18 Å². The summed E-state index contributed by atoms with van der Waals surface area (Å²) in [5.74, 6) is -0.312. The number of rotatable bonds is 6. The molecule has 0 aliphatic heterocycles. The van der Waals surface area contributed by atoms with Gasteiger partial charge in [-0.1, -0.05) is 12.1 Å². The van der Waals surface area contributed by atoms with Crippen LogP contribution in [0.15, 0.2) is 24.3 Å². The third kappa shape index (κ3) is 4.22. The summed E-state index contributed by atoms with van der Waals surface area (Å²) in [5, 5.41) is 8.44. The Morgan fingerprint density at radius 2 is 1.86 bits per heavy atom. The zero-order valence-electron chi connectivity index (χ0n) is 15.1. The van der Waals surface area contributed by atoms with Crippen LogP contribution in [0.25, 0.3) is 0 Å². The first kappa shape index (κ1) is 20.7. The van der Waals surface area contributed by atoms with Crippen molar-refractivity contribution in [3.63, 3.8) is 0 Å². The summed E-state index contributed by atoms with van der Waals surface area (Å²) in [6, 6.07) is 2.83. The van der Waals surface area contributed by atoms with Crippen LogP contribution in [0.1, 0.15) is 52.5 Å². The van der Waals surface area contributed by atoms with Gasteiger partial charge in [-0.3, -0.25) is 10.1 Å². The van der Waals surface area contributed by atoms with Gasteiger partial charge in [-0.25, -0.2) is 18.3 Å². The van der Waals surface area contributed by atoms with Gasteiger partial charge in [-0.2, -0.15) is 18.3 Å². The van der Waals surface area contributed by atoms with Crippen molar-refractivity contribution in [1.82, 2.24) is 15.1 Å². The Bertz CT molecular complexity index is 904. The number of hydrogen-bond donors (Lipinski definition) is 2. The lowest BCUT2D eigenvalue weighted by atomic mass is 10.0. The van der Waals surface area contributed by atoms with Crippen LogP contribution in [-0.4, -0.2) is 29.1 Å². The van der Waals surface area contributed by atoms with Crippen molar-refractivity contribution in [2.45, 2.75) is 31.5 Å². The fourth-order valence-corrected chi connectivity index (χ4v) is 3.13. The molecular weight excluding hydrogens is 399 g/mol. The minimum Gasteiger partial charge on any atom is -0.341 e. The summed E-state index contributed by atoms with van der Waals surface area (Å²) < 4.78 is 66.5. The highest BCUT2D eigenvalue weighted by Crippen LogP contribution is 2.46. The number of hydrogen-bond acceptors (Lipinski definition) is 3. The summed E-state index contributed by atoms with van der Waals surface area (Å²) in [4.78, 5) is 23.2. The van der Waals surface area contributed by atoms with E-state index < -0.39 is 41.5 Å². The zero-order chi connectivity index (χ0) is 21.3. The smallest absolute Gasteiger partial charge is 0.341 e. The number of urea groups is 1. The van der Waals surface area contributed by atoms with Crippen LogP contribution in [0.5, 0.6) is 0 Å². The predicted molar refractivity (Wildman–Crippen MR) is 93.0 cm³/mol. The molecule has 0 spiro atoms. The molecule has 1 aromatic heterocycles. The molecule has 2 amide bonds. The number of carbonyl (C=O) groups excluding carboxylic acids is 2. The maximum atomic E-state index is 13.4. The molecule has 11 heteroatoms. The topological polar surface area (TPSA) is 76.0 Å². The number of aldehydes is 1. The Balaban J connectivity index is 2.12. The van der Waals surface area contributed by atoms with E-state index >= 15 is 0 Å². The molecule has 1 atom stereocenters. The van der Waals surface area contributed by atoms with Gasteiger partial charge in [0.2, 0.25) is 0 Å². The molecule has 3 rings (SSSR count). The molecule has 0 radical (unpaired) electrons. The van der Waals surface area contributed by atoms with Crippen molar-refractivity contribution in [2.24, 2.45) is 5.92 Å². The average Bonchev–Trinajstić information content (AvgIpc) is 3.43. The monoisotopic (exact) mass is 416 g/mol. The molecular formula is C18H17F5N4O2. The van der Waals surface area contributed by atoms with Crippen LogP contribution >= 0.6 is 0 Å². The van der Waals surface area contributed by atoms with Gasteiger partial charge in [0.25, 0.3) is 6.43 Å². The van der Waals surface area contributed by atoms with E-state index in [4.69, 9.17) is 0 Å². The molecule has 1 saturated carbocycles. The number of carbonyl (C=O) groups is 2. The summed E-state index contributed by atoms with van der Waals surface area (Å²) in [6.45, 7) is 0. The average molecular weight is 416 g/mol. The van der Waals surface area contributed by atoms with Crippen molar-refractivity contribution in [3.8, 4) is 0 Å². The molecule has 156 valence electrons. The lowest BCUT2D eigenvalue weighted by Gasteiger charge is -2.21. The lowest BCUT2D eigenvalue weighted by Crippen LogP contribution is -2.28. The van der Waals surface area contributed by atoms with Crippen LogP contribution in [0.2, 0.25) is 0 Å². The van der Waals surface area contributed by atoms with Crippen LogP contribution < -0.4 is 10.6 Å². The van der Waals surface area contributed by atoms with Crippen LogP contribution in [0.3, 0.4) is 0 Å². The molecule has 1 heterocycles. The molecule has 0 bridgehead atoms. The summed E-state index contributed by atoms with van der Waals surface area (Å²) in [5.41, 5.74) is -1.71. The van der Waals surface area contributed by atoms with Gasteiger partial charge in [0.15, 0.2) is 6.29 Å². The Labute approximate surface area is 162 Å². The van der Waals surface area contributed by atoms with Gasteiger partial charge in [-0.15, -0.1) is 0 Å². The first-order valence-corrected chi connectivity index (χ1v) is 8.69. The quantitative estimate of drug-likeness (QED) is 0.541. The Hall–Kier alpha value is -2.98. The lowest BCUT2D eigenvalue weighted by molar-refractivity contribution is -0.137. The minimum absolute atomic E-state index is 0.0816. The maximum absolute atomic E-state index is 13.4. The number of nitrogens with zero attached hydrogens (tertiary/aromatic N) is 2. The van der Waals surface area contributed by atoms with Gasteiger partial charge in [0.1, 0.15) is 11.5 Å². The second-order valence-corrected chi connectivity index (χ2v) is 6.62. The molecule has 2 aromatic rings. The van der Waals surface area contributed by atoms with E-state index in [1.165, 1.54) is 19.2 Å². The van der Waals surface area contributed by atoms with Crippen molar-refractivity contribution in [3.05, 3.63) is 46.6 Å². The fourth-order valence-electron chi connectivity index (χ4n) is 3.13. The molecule has 1 aliphatic rings. The van der Waals surface area contributed by atoms with E-state index in [0.29, 0.717) is 18.4 Å². The van der Waals surface area contributed by atoms with Crippen LogP contribution in [0, 0.1) is 5.92 Å². The predicted octanol–water partition coefficient (Wildman–Crippen LogP) is 4.40. The van der Waals surface area contributed by atoms with Crippen LogP contribution in [0.4, 0.5) is 32.6 Å². The molecule has 6 nitrogen and oxygen atoms in total. The first-order valence-electron chi connectivity index (χ1n) is 8.69. The molecule has 29 heavy (non-hydrogen) atoms. The standard InChI is InChI=1S/C18H17F5N4O2/c1-24-17(29)25-16-12(8-28)13(15(19)20)26-27(16)14(9-2-3-9)10-4-6-11(7-5-10)18(21,22)23/h4-9,14-15H,2-3H2,1H3,(H2,24,25,29). The highest BCUT2D eigenvalue weighted by Gasteiger charge is 2.39. The molecule has 1 aliphatic carbocycles. The van der Waals surface area contributed by atoms with E-state index in [1.54, 1.807) is 0 Å². The largest absolute Gasteiger partial charge is 0.416 e. The summed E-state index contributed by atoms with van der Waals surface area (Å²) in [6.07, 6.45) is -6.02. The number of anilines is 1. The number of halogens is 5. The number of aromatic nitrogens is 2. The highest BCUT2D eigenvalue weighted by molar-refractivity contribution is 5.95. The summed E-state index contributed by atoms with van der Waals surface area (Å²) in [7, 11) is 1.30. The van der Waals surface area contributed by atoms with E-state index in [9.17, 15) is 31.5 Å². The van der Waals surface area contributed by atoms with Gasteiger partial charge in [0.05, 0.1) is 17.2 Å². The van der Waals surface area contributed by atoms with Crippen molar-refractivity contribution >= 4 is 18.1 Å². The number of nitrogens with one attached hydrogen (secondary N) is 2. The molecule has 1 fully saturated rings. The van der Waals surface area contributed by atoms with E-state index in [0.717, 1.165) is 16.8 Å². The fraction of sp³-hybridized carbons (Fsp3) is 0.389. The van der Waals surface area contributed by atoms with Crippen molar-refractivity contribution < 1.29 is 31.5 Å². The third-order valence-electron chi connectivity index (χ3n) is 4.67. The van der Waals surface area contributed by atoms with Gasteiger partial charge in [0, 0.05) is 7.05 Å². The maximum Gasteiger partial charge on any atom is 0.416 e. The molecule has 0 saturated heterocycles. The van der Waals surface area contributed by atoms with Crippen molar-refractivity contribution in [2.75, 3.05) is 12.4 Å². The third-order valence-corrected chi connectivity index (χ3v) is 4.67. The normalized spacial score (nSPS) is 15.3. The SMILES string of the molecule is CNC(=O)Nc1c(C=O)c(C(F)F)nn1C(c1ccc(C(F)(F)F)cc1)C1CC1. The zero-order valence-corrected chi connectivity index (χ0v) is 15.1. The second-order valence-electron chi connectivity index (χ2n) is 6.62. The Kier molecular flexibility index (Phi) is 5.58. The second kappa shape index (κ2) is 7.80. The first-order chi connectivity index (χ1) is 13.7. The van der Waals surface area contributed by atoms with Gasteiger partial charge in [-0.05, 0) is 36.5 Å². The van der Waals surface area contributed by atoms with E-state index in [1.807, 2.05) is 0 Å². The molecule has 2 N–H and O–H groups in total. The van der Waals surface area contributed by atoms with E-state index in [-0.39, 0.29) is 18.0 Å². The molecule has 1 aromatic carbocycles. The summed E-state index contributed by atoms with van der Waals surface area (Å²) >= 11 is 0. The number of alkyl halides is 5. The Morgan fingerprint density at radius 1 is 1.24 bits per heavy atom. The number of benzene rings is 1. The van der Waals surface area contributed by atoms with Gasteiger partial charge < -0.3 is 5.32 Å².